The number of hydrogen-bond acceptors (Lipinski definition) is 5. The first-order valence-electron chi connectivity index (χ1n) is 7.72. The molecule has 0 fully saturated rings. The zero-order valence-electron chi connectivity index (χ0n) is 13.7. The maximum absolute atomic E-state index is 13.3. The summed E-state index contributed by atoms with van der Waals surface area (Å²) in [5.74, 6) is -3.18. The van der Waals surface area contributed by atoms with Crippen LogP contribution in [0.1, 0.15) is 33.4 Å². The van der Waals surface area contributed by atoms with Crippen LogP contribution in [0.2, 0.25) is 0 Å². The number of rotatable bonds is 5. The molecule has 132 valence electrons. The SMILES string of the molecule is CCOC(=O)c1ccc(-c2ncc(C(=O)c3ccc(F)c(F)c3)o2)cc1. The highest BCUT2D eigenvalue weighted by Crippen LogP contribution is 2.22. The molecule has 26 heavy (non-hydrogen) atoms. The van der Waals surface area contributed by atoms with Gasteiger partial charge in [-0.3, -0.25) is 4.79 Å². The fourth-order valence-electron chi connectivity index (χ4n) is 2.26. The zero-order valence-corrected chi connectivity index (χ0v) is 13.7. The molecule has 0 unspecified atom stereocenters. The van der Waals surface area contributed by atoms with Gasteiger partial charge in [0, 0.05) is 11.1 Å². The quantitative estimate of drug-likeness (QED) is 0.509. The van der Waals surface area contributed by atoms with Crippen molar-refractivity contribution >= 4 is 11.8 Å². The van der Waals surface area contributed by atoms with Crippen molar-refractivity contribution in [3.8, 4) is 11.5 Å². The van der Waals surface area contributed by atoms with Gasteiger partial charge in [0.25, 0.3) is 0 Å². The van der Waals surface area contributed by atoms with E-state index >= 15 is 0 Å². The highest BCUT2D eigenvalue weighted by molar-refractivity contribution is 6.07. The van der Waals surface area contributed by atoms with Crippen molar-refractivity contribution in [3.05, 3.63) is 77.2 Å². The van der Waals surface area contributed by atoms with Gasteiger partial charge in [0.15, 0.2) is 17.4 Å². The summed E-state index contributed by atoms with van der Waals surface area (Å²) in [4.78, 5) is 27.9. The Kier molecular flexibility index (Phi) is 4.88. The van der Waals surface area contributed by atoms with E-state index in [1.807, 2.05) is 0 Å². The summed E-state index contributed by atoms with van der Waals surface area (Å²) in [6.07, 6.45) is 1.21. The number of ether oxygens (including phenoxy) is 1. The molecular formula is C19H13F2NO4. The lowest BCUT2D eigenvalue weighted by molar-refractivity contribution is 0.0526. The van der Waals surface area contributed by atoms with E-state index < -0.39 is 23.4 Å². The number of halogens is 2. The first-order chi connectivity index (χ1) is 12.5. The van der Waals surface area contributed by atoms with Crippen LogP contribution in [0.15, 0.2) is 53.1 Å². The summed E-state index contributed by atoms with van der Waals surface area (Å²) in [6.45, 7) is 1.99. The number of carbonyl (C=O) groups is 2. The van der Waals surface area contributed by atoms with Gasteiger partial charge in [0.05, 0.1) is 18.4 Å². The third kappa shape index (κ3) is 3.51. The number of aromatic nitrogens is 1. The first kappa shape index (κ1) is 17.5. The summed E-state index contributed by atoms with van der Waals surface area (Å²) in [6, 6.07) is 9.13. The molecule has 0 N–H and O–H groups in total. The molecule has 0 aliphatic rings. The fraction of sp³-hybridized carbons (Fsp3) is 0.105. The molecule has 1 heterocycles. The number of hydrogen-bond donors (Lipinski definition) is 0. The largest absolute Gasteiger partial charge is 0.462 e. The Morgan fingerprint density at radius 2 is 1.73 bits per heavy atom. The van der Waals surface area contributed by atoms with Gasteiger partial charge >= 0.3 is 5.97 Å². The molecule has 0 amide bonds. The lowest BCUT2D eigenvalue weighted by Crippen LogP contribution is -2.04. The van der Waals surface area contributed by atoms with Crippen LogP contribution in [0, 0.1) is 11.6 Å². The molecule has 0 radical (unpaired) electrons. The second-order valence-electron chi connectivity index (χ2n) is 5.29. The van der Waals surface area contributed by atoms with Crippen molar-refractivity contribution in [3.63, 3.8) is 0 Å². The predicted octanol–water partition coefficient (Wildman–Crippen LogP) is 4.03. The second kappa shape index (κ2) is 7.26. The highest BCUT2D eigenvalue weighted by Gasteiger charge is 2.18. The van der Waals surface area contributed by atoms with E-state index in [1.54, 1.807) is 31.2 Å². The number of carbonyl (C=O) groups excluding carboxylic acids is 2. The van der Waals surface area contributed by atoms with Gasteiger partial charge in [-0.1, -0.05) is 0 Å². The third-order valence-electron chi connectivity index (χ3n) is 3.55. The molecule has 0 aliphatic carbocycles. The van der Waals surface area contributed by atoms with Gasteiger partial charge in [-0.15, -0.1) is 0 Å². The van der Waals surface area contributed by atoms with Crippen LogP contribution in [0.3, 0.4) is 0 Å². The minimum Gasteiger partial charge on any atom is -0.462 e. The molecule has 5 nitrogen and oxygen atoms in total. The molecule has 0 bridgehead atoms. The second-order valence-corrected chi connectivity index (χ2v) is 5.29. The van der Waals surface area contributed by atoms with Crippen molar-refractivity contribution < 1.29 is 27.5 Å². The Hall–Kier alpha value is -3.35. The van der Waals surface area contributed by atoms with Crippen LogP contribution < -0.4 is 0 Å². The van der Waals surface area contributed by atoms with Crippen LogP contribution >= 0.6 is 0 Å². The van der Waals surface area contributed by atoms with Crippen LogP contribution in [0.25, 0.3) is 11.5 Å². The third-order valence-corrected chi connectivity index (χ3v) is 3.55. The molecule has 0 atom stereocenters. The Balaban J connectivity index is 1.82. The Bertz CT molecular complexity index is 964. The van der Waals surface area contributed by atoms with Gasteiger partial charge < -0.3 is 9.15 Å². The summed E-state index contributed by atoms with van der Waals surface area (Å²) in [5.41, 5.74) is 0.867. The zero-order chi connectivity index (χ0) is 18.7. The van der Waals surface area contributed by atoms with Crippen molar-refractivity contribution in [2.75, 3.05) is 6.61 Å². The predicted molar refractivity (Wildman–Crippen MR) is 87.7 cm³/mol. The molecule has 0 spiro atoms. The van der Waals surface area contributed by atoms with Gasteiger partial charge in [0.2, 0.25) is 11.7 Å². The van der Waals surface area contributed by atoms with E-state index in [1.165, 1.54) is 6.20 Å². The maximum Gasteiger partial charge on any atom is 0.338 e. The minimum absolute atomic E-state index is 0.0516. The van der Waals surface area contributed by atoms with Crippen LogP contribution in [-0.2, 0) is 4.74 Å². The lowest BCUT2D eigenvalue weighted by Gasteiger charge is -2.02. The summed E-state index contributed by atoms with van der Waals surface area (Å²) in [5, 5.41) is 0. The van der Waals surface area contributed by atoms with Crippen LogP contribution in [0.5, 0.6) is 0 Å². The summed E-state index contributed by atoms with van der Waals surface area (Å²) < 4.78 is 36.6. The number of nitrogens with zero attached hydrogens (tertiary/aromatic N) is 1. The van der Waals surface area contributed by atoms with E-state index in [-0.39, 0.29) is 23.8 Å². The Labute approximate surface area is 147 Å². The number of ketones is 1. The van der Waals surface area contributed by atoms with Crippen LogP contribution in [-0.4, -0.2) is 23.3 Å². The average molecular weight is 357 g/mol. The van der Waals surface area contributed by atoms with Gasteiger partial charge in [-0.2, -0.15) is 0 Å². The smallest absolute Gasteiger partial charge is 0.338 e. The minimum atomic E-state index is -1.12. The van der Waals surface area contributed by atoms with E-state index in [2.05, 4.69) is 4.98 Å². The molecule has 0 aliphatic heterocycles. The van der Waals surface area contributed by atoms with Crippen molar-refractivity contribution in [2.24, 2.45) is 0 Å². The Morgan fingerprint density at radius 1 is 1.04 bits per heavy atom. The molecule has 3 aromatic rings. The average Bonchev–Trinajstić information content (AvgIpc) is 3.14. The van der Waals surface area contributed by atoms with E-state index in [0.29, 0.717) is 11.1 Å². The highest BCUT2D eigenvalue weighted by atomic mass is 19.2. The van der Waals surface area contributed by atoms with Crippen molar-refractivity contribution in [1.82, 2.24) is 4.98 Å². The molecule has 0 saturated carbocycles. The standard InChI is InChI=1S/C19H13F2NO4/c1-2-25-19(24)12-5-3-11(4-6-12)18-22-10-16(26-18)17(23)13-7-8-14(20)15(21)9-13/h3-10H,2H2,1H3. The number of benzene rings is 2. The van der Waals surface area contributed by atoms with Crippen molar-refractivity contribution in [1.29, 1.82) is 0 Å². The molecule has 1 aromatic heterocycles. The lowest BCUT2D eigenvalue weighted by atomic mass is 10.1. The van der Waals surface area contributed by atoms with E-state index in [4.69, 9.17) is 9.15 Å². The van der Waals surface area contributed by atoms with E-state index in [0.717, 1.165) is 18.2 Å². The van der Waals surface area contributed by atoms with E-state index in [9.17, 15) is 18.4 Å². The molecular weight excluding hydrogens is 344 g/mol. The normalized spacial score (nSPS) is 10.6. The first-order valence-corrected chi connectivity index (χ1v) is 7.72. The fourth-order valence-corrected chi connectivity index (χ4v) is 2.26. The number of esters is 1. The van der Waals surface area contributed by atoms with Gasteiger partial charge in [0.1, 0.15) is 0 Å². The maximum atomic E-state index is 13.3. The summed E-state index contributed by atoms with van der Waals surface area (Å²) in [7, 11) is 0. The monoisotopic (exact) mass is 357 g/mol. The van der Waals surface area contributed by atoms with Crippen LogP contribution in [0.4, 0.5) is 8.78 Å². The summed E-state index contributed by atoms with van der Waals surface area (Å²) >= 11 is 0. The van der Waals surface area contributed by atoms with Crippen molar-refractivity contribution in [2.45, 2.75) is 6.92 Å². The molecule has 7 heteroatoms. The molecule has 2 aromatic carbocycles. The molecule has 0 saturated heterocycles. The Morgan fingerprint density at radius 3 is 2.38 bits per heavy atom. The molecule has 3 rings (SSSR count). The van der Waals surface area contributed by atoms with Gasteiger partial charge in [-0.05, 0) is 49.4 Å². The topological polar surface area (TPSA) is 69.4 Å². The van der Waals surface area contributed by atoms with Gasteiger partial charge in [-0.25, -0.2) is 18.6 Å². The number of oxazole rings is 1.